The number of ether oxygens (including phenoxy) is 2. The van der Waals surface area contributed by atoms with E-state index in [0.29, 0.717) is 70.0 Å². The number of methoxy groups -OCH3 is 2. The second kappa shape index (κ2) is 23.0. The molecule has 2 saturated heterocycles. The number of hydrogen-bond acceptors (Lipinski definition) is 16. The zero-order valence-electron chi connectivity index (χ0n) is 39.4. The molecule has 0 spiro atoms. The van der Waals surface area contributed by atoms with E-state index in [-0.39, 0.29) is 74.0 Å². The minimum absolute atomic E-state index is 0.0538. The van der Waals surface area contributed by atoms with Crippen LogP contribution in [-0.2, 0) is 22.7 Å². The van der Waals surface area contributed by atoms with Gasteiger partial charge in [0.1, 0.15) is 47.1 Å². The lowest BCUT2D eigenvalue weighted by molar-refractivity contribution is -0.114. The van der Waals surface area contributed by atoms with Gasteiger partial charge in [-0.15, -0.1) is 23.5 Å². The van der Waals surface area contributed by atoms with Crippen LogP contribution >= 0.6 is 23.5 Å². The Balaban J connectivity index is 0.000000178. The van der Waals surface area contributed by atoms with Crippen LogP contribution < -0.4 is 30.7 Å². The lowest BCUT2D eigenvalue weighted by Crippen LogP contribution is -2.51. The number of alkyl halides is 2. The number of hydrogen-bond donors (Lipinski definition) is 6. The Morgan fingerprint density at radius 3 is 1.51 bits per heavy atom. The summed E-state index contributed by atoms with van der Waals surface area (Å²) in [5, 5.41) is 35.0. The number of β-amino-alcohol motifs (C(OH)–C–C–N with tert-alkyl or cyclic N) is 2. The van der Waals surface area contributed by atoms with Gasteiger partial charge in [0.25, 0.3) is 0 Å². The van der Waals surface area contributed by atoms with Crippen LogP contribution in [0.4, 0.5) is 29.2 Å². The van der Waals surface area contributed by atoms with Crippen molar-refractivity contribution in [2.24, 2.45) is 0 Å². The van der Waals surface area contributed by atoms with Gasteiger partial charge < -0.3 is 41.0 Å². The highest BCUT2D eigenvalue weighted by molar-refractivity contribution is 8.00. The molecule has 2 amide bonds. The number of thioether (sulfide) groups is 2. The minimum Gasteiger partial charge on any atom is -0.497 e. The van der Waals surface area contributed by atoms with Gasteiger partial charge in [-0.25, -0.2) is 27.5 Å². The molecule has 380 valence electrons. The number of amides is 2. The fraction of sp³-hybridized carbons (Fsp3) is 0.400. The predicted molar refractivity (Wildman–Crippen MR) is 267 cm³/mol. The summed E-state index contributed by atoms with van der Waals surface area (Å²) in [7, 11) is 3.17. The van der Waals surface area contributed by atoms with Gasteiger partial charge in [-0.05, 0) is 97.7 Å². The van der Waals surface area contributed by atoms with Gasteiger partial charge in [-0.3, -0.25) is 29.4 Å². The van der Waals surface area contributed by atoms with E-state index in [9.17, 15) is 28.6 Å². The Morgan fingerprint density at radius 1 is 0.681 bits per heavy atom. The molecule has 0 bridgehead atoms. The van der Waals surface area contributed by atoms with Crippen LogP contribution in [0.2, 0.25) is 0 Å². The summed E-state index contributed by atoms with van der Waals surface area (Å²) in [6.45, 7) is 2.12. The molecule has 8 heterocycles. The molecular formula is C50H54F4N10O6S2. The van der Waals surface area contributed by atoms with Crippen LogP contribution in [0.25, 0.3) is 21.8 Å². The van der Waals surface area contributed by atoms with Crippen molar-refractivity contribution in [3.8, 4) is 11.5 Å². The molecule has 6 atom stereocenters. The number of rotatable bonds is 14. The molecule has 10 rings (SSSR count). The second-order valence-electron chi connectivity index (χ2n) is 17.9. The number of carbonyl (C=O) groups is 2. The van der Waals surface area contributed by atoms with Gasteiger partial charge in [0.05, 0.1) is 70.1 Å². The standard InChI is InChI=1S/2C25H27F2N5O3S/c2*1-35-14-2-3-19-16(8-14)15(4-6-28-19)22(33)12-32-7-5-20(18(27)11-32)29-10-21-17(26)9-23-25(30-21)31-24(34)13-36-23/h2*2-4,6,8-9,18,20,22,29,33H,5,7,10-13H2,1H3,(H,30,31,34)/t18-,20-,22+;18-,20-,22-/m10/s1. The van der Waals surface area contributed by atoms with Crippen molar-refractivity contribution >= 4 is 68.8 Å². The predicted octanol–water partition coefficient (Wildman–Crippen LogP) is 6.11. The topological polar surface area (TPSA) is 199 Å². The summed E-state index contributed by atoms with van der Waals surface area (Å²) in [4.78, 5) is 45.3. The molecule has 2 aromatic carbocycles. The van der Waals surface area contributed by atoms with Crippen LogP contribution in [0.5, 0.6) is 11.5 Å². The molecule has 22 heteroatoms. The van der Waals surface area contributed by atoms with Gasteiger partial charge >= 0.3 is 0 Å². The summed E-state index contributed by atoms with van der Waals surface area (Å²) in [5.74, 6) is 1.17. The Kier molecular flexibility index (Phi) is 16.4. The van der Waals surface area contributed by atoms with Crippen molar-refractivity contribution in [2.45, 2.75) is 72.4 Å². The SMILES string of the molecule is COc1ccc2nccc([C@@H](O)CN3CC[C@@H](NCc4nc5c(cc4F)SCC(=O)N5)[C@H](F)C3)c2c1.COc1ccc2nccc([C@@H](O)CN3CC[C@H](NCc4nc5c(cc4F)SCC(=O)N5)[C@@H](F)C3)c2c1. The van der Waals surface area contributed by atoms with E-state index in [2.05, 4.69) is 41.2 Å². The Morgan fingerprint density at radius 2 is 1.11 bits per heavy atom. The fourth-order valence-electron chi connectivity index (χ4n) is 9.29. The Bertz CT molecular complexity index is 2750. The van der Waals surface area contributed by atoms with Crippen LogP contribution in [0.15, 0.2) is 82.8 Å². The zero-order chi connectivity index (χ0) is 50.5. The zero-order valence-corrected chi connectivity index (χ0v) is 41.0. The third-order valence-corrected chi connectivity index (χ3v) is 15.2. The molecule has 0 radical (unpaired) electrons. The number of carbonyl (C=O) groups excluding carboxylic acids is 2. The molecule has 16 nitrogen and oxygen atoms in total. The van der Waals surface area contributed by atoms with Crippen molar-refractivity contribution in [1.82, 2.24) is 40.4 Å². The van der Waals surface area contributed by atoms with Crippen molar-refractivity contribution < 1.29 is 46.8 Å². The first-order valence-corrected chi connectivity index (χ1v) is 25.4. The maximum atomic E-state index is 15.0. The van der Waals surface area contributed by atoms with E-state index < -0.39 is 48.3 Å². The number of likely N-dealkylation sites (tertiary alicyclic amines) is 2. The maximum Gasteiger partial charge on any atom is 0.235 e. The lowest BCUT2D eigenvalue weighted by atomic mass is 10.00. The quantitative estimate of drug-likeness (QED) is 0.0683. The van der Waals surface area contributed by atoms with E-state index in [1.54, 1.807) is 38.7 Å². The third-order valence-electron chi connectivity index (χ3n) is 13.1. The summed E-state index contributed by atoms with van der Waals surface area (Å²) < 4.78 is 69.7. The minimum atomic E-state index is -1.20. The second-order valence-corrected chi connectivity index (χ2v) is 19.9. The first-order valence-electron chi connectivity index (χ1n) is 23.5. The average Bonchev–Trinajstić information content (AvgIpc) is 3.38. The molecular weight excluding hydrogens is 977 g/mol. The van der Waals surface area contributed by atoms with Crippen molar-refractivity contribution in [3.63, 3.8) is 0 Å². The van der Waals surface area contributed by atoms with Crippen LogP contribution in [0.3, 0.4) is 0 Å². The smallest absolute Gasteiger partial charge is 0.235 e. The molecule has 0 aliphatic carbocycles. The Hall–Kier alpha value is -5.72. The number of pyridine rings is 4. The summed E-state index contributed by atoms with van der Waals surface area (Å²) in [5.41, 5.74) is 3.21. The van der Waals surface area contributed by atoms with E-state index in [1.165, 1.54) is 35.7 Å². The maximum absolute atomic E-state index is 15.0. The average molecular weight is 1030 g/mol. The number of benzene rings is 2. The number of fused-ring (bicyclic) bond motifs is 4. The Labute approximate surface area is 421 Å². The van der Waals surface area contributed by atoms with Gasteiger partial charge in [0.15, 0.2) is 0 Å². The largest absolute Gasteiger partial charge is 0.497 e. The van der Waals surface area contributed by atoms with Crippen molar-refractivity contribution in [3.05, 3.63) is 107 Å². The first-order chi connectivity index (χ1) is 34.8. The van der Waals surface area contributed by atoms with Crippen LogP contribution in [0.1, 0.15) is 47.6 Å². The lowest BCUT2D eigenvalue weighted by Gasteiger charge is -2.36. The van der Waals surface area contributed by atoms with Gasteiger partial charge in [0.2, 0.25) is 11.8 Å². The molecule has 2 fully saturated rings. The molecule has 4 aliphatic rings. The highest BCUT2D eigenvalue weighted by Crippen LogP contribution is 2.34. The van der Waals surface area contributed by atoms with E-state index in [1.807, 2.05) is 46.2 Å². The summed E-state index contributed by atoms with van der Waals surface area (Å²) >= 11 is 2.48. The number of halogens is 4. The van der Waals surface area contributed by atoms with Gasteiger partial charge in [-0.1, -0.05) is 0 Å². The van der Waals surface area contributed by atoms with Crippen LogP contribution in [0, 0.1) is 11.6 Å². The molecule has 72 heavy (non-hydrogen) atoms. The first kappa shape index (κ1) is 51.2. The van der Waals surface area contributed by atoms with Gasteiger partial charge in [0, 0.05) is 74.5 Å². The number of piperidine rings is 2. The van der Waals surface area contributed by atoms with E-state index >= 15 is 8.78 Å². The molecule has 4 aromatic heterocycles. The van der Waals surface area contributed by atoms with Crippen LogP contribution in [-0.4, -0.2) is 141 Å². The van der Waals surface area contributed by atoms with Gasteiger partial charge in [-0.2, -0.15) is 0 Å². The number of nitrogens with zero attached hydrogens (tertiary/aromatic N) is 6. The van der Waals surface area contributed by atoms with E-state index in [0.717, 1.165) is 21.8 Å². The summed E-state index contributed by atoms with van der Waals surface area (Å²) in [6.07, 6.45) is 0.268. The van der Waals surface area contributed by atoms with E-state index in [4.69, 9.17) is 9.47 Å². The van der Waals surface area contributed by atoms with Crippen molar-refractivity contribution in [2.75, 3.05) is 75.6 Å². The number of aliphatic hydroxyl groups excluding tert-OH is 2. The molecule has 6 aromatic rings. The van der Waals surface area contributed by atoms with Crippen molar-refractivity contribution in [1.29, 1.82) is 0 Å². The molecule has 4 aliphatic heterocycles. The highest BCUT2D eigenvalue weighted by Gasteiger charge is 2.33. The third kappa shape index (κ3) is 12.0. The fourth-order valence-corrected chi connectivity index (χ4v) is 10.8. The highest BCUT2D eigenvalue weighted by atomic mass is 32.2. The molecule has 6 N–H and O–H groups in total. The molecule has 0 saturated carbocycles. The number of nitrogens with one attached hydrogen (secondary N) is 4. The molecule has 0 unspecified atom stereocenters. The normalized spacial score (nSPS) is 21.2. The number of anilines is 2. The number of aromatic nitrogens is 4. The number of aliphatic hydroxyl groups is 2. The monoisotopic (exact) mass is 1030 g/mol. The summed E-state index contributed by atoms with van der Waals surface area (Å²) in [6, 6.07) is 16.3.